The van der Waals surface area contributed by atoms with Gasteiger partial charge in [-0.05, 0) is 25.4 Å². The molecule has 0 spiro atoms. The van der Waals surface area contributed by atoms with E-state index >= 15 is 0 Å². The Labute approximate surface area is 145 Å². The summed E-state index contributed by atoms with van der Waals surface area (Å²) in [6.07, 6.45) is 9.97. The third-order valence-electron chi connectivity index (χ3n) is 3.54. The first-order valence-corrected chi connectivity index (χ1v) is 11.7. The number of hydrogen-bond donors (Lipinski definition) is 1. The van der Waals surface area contributed by atoms with Gasteiger partial charge in [-0.3, -0.25) is 0 Å². The molecule has 21 heavy (non-hydrogen) atoms. The summed E-state index contributed by atoms with van der Waals surface area (Å²) in [6, 6.07) is 0. The summed E-state index contributed by atoms with van der Waals surface area (Å²) >= 11 is -0.582. The summed E-state index contributed by atoms with van der Waals surface area (Å²) in [5, 5.41) is 3.31. The quantitative estimate of drug-likeness (QED) is 0.399. The fraction of sp³-hybridized carbons (Fsp3) is 0.765. The van der Waals surface area contributed by atoms with Crippen molar-refractivity contribution in [1.29, 1.82) is 0 Å². The molecule has 0 aliphatic heterocycles. The molecule has 0 radical (unpaired) electrons. The Hall–Kier alpha value is 0.230. The molecule has 4 heteroatoms. The second kappa shape index (κ2) is 15.1. The van der Waals surface area contributed by atoms with Crippen molar-refractivity contribution in [3.63, 3.8) is 0 Å². The zero-order chi connectivity index (χ0) is 15.9. The van der Waals surface area contributed by atoms with Crippen molar-refractivity contribution in [2.45, 2.75) is 41.0 Å². The molecule has 1 aliphatic carbocycles. The summed E-state index contributed by atoms with van der Waals surface area (Å²) < 4.78 is 5.26. The number of nitrogens with zero attached hydrogens (tertiary/aromatic N) is 2. The van der Waals surface area contributed by atoms with Crippen molar-refractivity contribution in [3.8, 4) is 0 Å². The topological polar surface area (TPSA) is 18.5 Å². The molecular formula is C17H35HfN3. The van der Waals surface area contributed by atoms with Crippen LogP contribution in [0.4, 0.5) is 0 Å². The van der Waals surface area contributed by atoms with Gasteiger partial charge in [0.05, 0.1) is 0 Å². The third-order valence-corrected chi connectivity index (χ3v) is 10.1. The fourth-order valence-electron chi connectivity index (χ4n) is 2.05. The van der Waals surface area contributed by atoms with E-state index in [1.54, 1.807) is 0 Å². The molecule has 122 valence electrons. The molecule has 0 bridgehead atoms. The molecule has 0 amide bonds. The monoisotopic (exact) mass is 461 g/mol. The molecule has 0 saturated carbocycles. The third kappa shape index (κ3) is 11.5. The molecule has 1 N–H and O–H groups in total. The number of rotatable bonds is 10. The van der Waals surface area contributed by atoms with Crippen molar-refractivity contribution in [2.24, 2.45) is 5.92 Å². The van der Waals surface area contributed by atoms with Crippen LogP contribution in [0.25, 0.3) is 0 Å². The van der Waals surface area contributed by atoms with E-state index in [4.69, 9.17) is 0 Å². The summed E-state index contributed by atoms with van der Waals surface area (Å²) in [4.78, 5) is 0. The molecular weight excluding hydrogens is 425 g/mol. The van der Waals surface area contributed by atoms with Gasteiger partial charge in [0, 0.05) is 0 Å². The first kappa shape index (κ1) is 21.2. The van der Waals surface area contributed by atoms with Crippen molar-refractivity contribution in [1.82, 2.24) is 11.1 Å². The SMILES string of the molecule is CCNCCC1C=CC=C1.CC[N](CC)[Hf][N](CC)CC. The van der Waals surface area contributed by atoms with E-state index in [-0.39, 0.29) is 0 Å². The van der Waals surface area contributed by atoms with E-state index in [1.165, 1.54) is 32.6 Å². The van der Waals surface area contributed by atoms with Crippen LogP contribution in [0.2, 0.25) is 0 Å². The van der Waals surface area contributed by atoms with Gasteiger partial charge < -0.3 is 5.32 Å². The second-order valence-corrected chi connectivity index (χ2v) is 10.3. The van der Waals surface area contributed by atoms with Crippen LogP contribution in [-0.2, 0) is 23.5 Å². The van der Waals surface area contributed by atoms with Crippen LogP contribution < -0.4 is 5.32 Å². The Balaban J connectivity index is 0.000000382. The molecule has 0 fully saturated rings. The minimum atomic E-state index is -0.582. The van der Waals surface area contributed by atoms with Gasteiger partial charge in [-0.15, -0.1) is 0 Å². The van der Waals surface area contributed by atoms with Crippen LogP contribution in [0.5, 0.6) is 0 Å². The van der Waals surface area contributed by atoms with Crippen LogP contribution in [0.15, 0.2) is 24.3 Å². The molecule has 0 aromatic rings. The zero-order valence-electron chi connectivity index (χ0n) is 14.7. The van der Waals surface area contributed by atoms with E-state index in [0.29, 0.717) is 5.92 Å². The van der Waals surface area contributed by atoms with Gasteiger partial charge in [-0.2, -0.15) is 0 Å². The molecule has 0 saturated heterocycles. The number of allylic oxidation sites excluding steroid dienone is 4. The van der Waals surface area contributed by atoms with Crippen molar-refractivity contribution >= 4 is 0 Å². The van der Waals surface area contributed by atoms with Crippen molar-refractivity contribution in [2.75, 3.05) is 39.3 Å². The molecule has 0 aromatic carbocycles. The maximum atomic E-state index is 3.31. The molecule has 0 unspecified atom stereocenters. The van der Waals surface area contributed by atoms with Crippen LogP contribution in [-0.4, -0.2) is 45.0 Å². The Morgan fingerprint density at radius 3 is 1.71 bits per heavy atom. The predicted molar refractivity (Wildman–Crippen MR) is 90.8 cm³/mol. The predicted octanol–water partition coefficient (Wildman–Crippen LogP) is 3.31. The fourth-order valence-corrected chi connectivity index (χ4v) is 5.52. The molecule has 0 atom stereocenters. The Bertz CT molecular complexity index is 249. The zero-order valence-corrected chi connectivity index (χ0v) is 18.3. The minimum absolute atomic E-state index is 0.582. The number of nitrogens with one attached hydrogen (secondary N) is 1. The normalized spacial score (nSPS) is 13.9. The molecule has 3 nitrogen and oxygen atoms in total. The number of hydrogen-bond acceptors (Lipinski definition) is 3. The second-order valence-electron chi connectivity index (χ2n) is 5.02. The maximum absolute atomic E-state index is 3.31. The first-order chi connectivity index (χ1) is 10.2. The first-order valence-electron chi connectivity index (χ1n) is 8.53. The summed E-state index contributed by atoms with van der Waals surface area (Å²) in [5.74, 6) is 0.694. The average molecular weight is 460 g/mol. The van der Waals surface area contributed by atoms with Gasteiger partial charge in [0.25, 0.3) is 0 Å². The van der Waals surface area contributed by atoms with Gasteiger partial charge in [-0.25, -0.2) is 0 Å². The molecule has 1 aliphatic rings. The van der Waals surface area contributed by atoms with Crippen LogP contribution in [0.3, 0.4) is 0 Å². The average Bonchev–Trinajstić information content (AvgIpc) is 3.03. The molecule has 0 aromatic heterocycles. The van der Waals surface area contributed by atoms with Crippen molar-refractivity contribution in [3.05, 3.63) is 24.3 Å². The van der Waals surface area contributed by atoms with E-state index < -0.39 is 23.5 Å². The molecule has 1 rings (SSSR count). The van der Waals surface area contributed by atoms with E-state index in [0.717, 1.165) is 13.1 Å². The van der Waals surface area contributed by atoms with Gasteiger partial charge in [0.1, 0.15) is 0 Å². The van der Waals surface area contributed by atoms with Gasteiger partial charge in [0.2, 0.25) is 0 Å². The van der Waals surface area contributed by atoms with E-state index in [1.807, 2.05) is 0 Å². The summed E-state index contributed by atoms with van der Waals surface area (Å²) in [6.45, 7) is 18.4. The van der Waals surface area contributed by atoms with Gasteiger partial charge in [0.15, 0.2) is 0 Å². The van der Waals surface area contributed by atoms with Crippen LogP contribution in [0.1, 0.15) is 41.0 Å². The Morgan fingerprint density at radius 2 is 1.33 bits per heavy atom. The van der Waals surface area contributed by atoms with E-state index in [2.05, 4.69) is 70.0 Å². The summed E-state index contributed by atoms with van der Waals surface area (Å²) in [5.41, 5.74) is 0. The van der Waals surface area contributed by atoms with Crippen molar-refractivity contribution < 1.29 is 23.5 Å². The van der Waals surface area contributed by atoms with Crippen LogP contribution in [0, 0.1) is 5.92 Å². The Morgan fingerprint density at radius 1 is 0.857 bits per heavy atom. The van der Waals surface area contributed by atoms with Gasteiger partial charge >= 0.3 is 83.1 Å². The Kier molecular flexibility index (Phi) is 15.3. The van der Waals surface area contributed by atoms with E-state index in [9.17, 15) is 0 Å². The summed E-state index contributed by atoms with van der Waals surface area (Å²) in [7, 11) is 0. The molecule has 0 heterocycles. The van der Waals surface area contributed by atoms with Crippen LogP contribution >= 0.6 is 0 Å². The van der Waals surface area contributed by atoms with Gasteiger partial charge in [-0.1, -0.05) is 31.2 Å². The standard InChI is InChI=1S/C9H15N.2C4H10N.Hf/c1-2-10-8-7-9-5-3-4-6-9;2*1-3-5-4-2;/h3-6,9-10H,2,7-8H2,1H3;2*3-4H2,1-2H3;/q;2*-1;+2.